The third kappa shape index (κ3) is 2.93. The summed E-state index contributed by atoms with van der Waals surface area (Å²) < 4.78 is 0. The van der Waals surface area contributed by atoms with E-state index in [2.05, 4.69) is 10.3 Å². The van der Waals surface area contributed by atoms with E-state index in [-0.39, 0.29) is 11.9 Å². The molecule has 1 heterocycles. The standard InChI is InChI=1S/C11H14ClN3O/c12-8-2-1-5-14-11(8)15-10(16)6-9(13)7-3-4-7/h1-2,5,7,9H,3-4,6,13H2,(H,14,15,16). The van der Waals surface area contributed by atoms with Crippen molar-refractivity contribution in [3.8, 4) is 0 Å². The zero-order valence-electron chi connectivity index (χ0n) is 8.82. The van der Waals surface area contributed by atoms with Crippen molar-refractivity contribution in [1.29, 1.82) is 0 Å². The summed E-state index contributed by atoms with van der Waals surface area (Å²) >= 11 is 5.87. The van der Waals surface area contributed by atoms with E-state index >= 15 is 0 Å². The first-order valence-electron chi connectivity index (χ1n) is 5.33. The van der Waals surface area contributed by atoms with Gasteiger partial charge in [-0.1, -0.05) is 11.6 Å². The SMILES string of the molecule is NC(CC(=O)Nc1ncccc1Cl)C1CC1. The van der Waals surface area contributed by atoms with Gasteiger partial charge in [0.25, 0.3) is 0 Å². The van der Waals surface area contributed by atoms with Crippen molar-refractivity contribution >= 4 is 23.3 Å². The molecular weight excluding hydrogens is 226 g/mol. The summed E-state index contributed by atoms with van der Waals surface area (Å²) in [6.45, 7) is 0. The zero-order valence-corrected chi connectivity index (χ0v) is 9.57. The summed E-state index contributed by atoms with van der Waals surface area (Å²) in [7, 11) is 0. The summed E-state index contributed by atoms with van der Waals surface area (Å²) in [4.78, 5) is 15.6. The maximum absolute atomic E-state index is 11.6. The van der Waals surface area contributed by atoms with E-state index in [4.69, 9.17) is 17.3 Å². The molecule has 0 saturated heterocycles. The molecule has 1 aliphatic carbocycles. The Balaban J connectivity index is 1.89. The molecule has 0 aromatic carbocycles. The van der Waals surface area contributed by atoms with Crippen molar-refractivity contribution in [1.82, 2.24) is 4.98 Å². The summed E-state index contributed by atoms with van der Waals surface area (Å²) in [5.74, 6) is 0.794. The summed E-state index contributed by atoms with van der Waals surface area (Å²) in [5, 5.41) is 3.10. The van der Waals surface area contributed by atoms with Gasteiger partial charge in [-0.3, -0.25) is 4.79 Å². The molecule has 2 rings (SSSR count). The molecule has 16 heavy (non-hydrogen) atoms. The fourth-order valence-corrected chi connectivity index (χ4v) is 1.73. The minimum atomic E-state index is -0.125. The van der Waals surface area contributed by atoms with E-state index < -0.39 is 0 Å². The summed E-state index contributed by atoms with van der Waals surface area (Å²) in [5.41, 5.74) is 5.86. The van der Waals surface area contributed by atoms with Crippen molar-refractivity contribution in [2.24, 2.45) is 11.7 Å². The average Bonchev–Trinajstić information content (AvgIpc) is 3.04. The van der Waals surface area contributed by atoms with E-state index in [1.807, 2.05) is 0 Å². The minimum Gasteiger partial charge on any atom is -0.327 e. The highest BCUT2D eigenvalue weighted by Crippen LogP contribution is 2.32. The number of nitrogens with one attached hydrogen (secondary N) is 1. The third-order valence-corrected chi connectivity index (χ3v) is 2.97. The monoisotopic (exact) mass is 239 g/mol. The van der Waals surface area contributed by atoms with Crippen LogP contribution >= 0.6 is 11.6 Å². The van der Waals surface area contributed by atoms with Crippen LogP contribution in [-0.4, -0.2) is 16.9 Å². The molecule has 0 aliphatic heterocycles. The van der Waals surface area contributed by atoms with Crippen molar-refractivity contribution in [2.75, 3.05) is 5.32 Å². The normalized spacial score (nSPS) is 16.9. The van der Waals surface area contributed by atoms with Crippen molar-refractivity contribution < 1.29 is 4.79 Å². The van der Waals surface area contributed by atoms with Crippen LogP contribution < -0.4 is 11.1 Å². The Bertz CT molecular complexity index is 393. The number of amides is 1. The first-order valence-corrected chi connectivity index (χ1v) is 5.70. The molecule has 4 nitrogen and oxygen atoms in total. The van der Waals surface area contributed by atoms with Gasteiger partial charge in [-0.2, -0.15) is 0 Å². The Hall–Kier alpha value is -1.13. The second-order valence-electron chi connectivity index (χ2n) is 4.09. The van der Waals surface area contributed by atoms with E-state index in [0.717, 1.165) is 12.8 Å². The molecule has 86 valence electrons. The highest BCUT2D eigenvalue weighted by molar-refractivity contribution is 6.33. The smallest absolute Gasteiger partial charge is 0.227 e. The third-order valence-electron chi connectivity index (χ3n) is 2.66. The number of halogens is 1. The summed E-state index contributed by atoms with van der Waals surface area (Å²) in [6, 6.07) is 3.36. The lowest BCUT2D eigenvalue weighted by molar-refractivity contribution is -0.116. The summed E-state index contributed by atoms with van der Waals surface area (Å²) in [6.07, 6.45) is 4.19. The Morgan fingerprint density at radius 1 is 1.69 bits per heavy atom. The number of hydrogen-bond donors (Lipinski definition) is 2. The average molecular weight is 240 g/mol. The van der Waals surface area contributed by atoms with Crippen LogP contribution in [0, 0.1) is 5.92 Å². The van der Waals surface area contributed by atoms with Crippen LogP contribution in [0.15, 0.2) is 18.3 Å². The molecule has 1 aliphatic rings. The molecule has 3 N–H and O–H groups in total. The lowest BCUT2D eigenvalue weighted by Crippen LogP contribution is -2.29. The van der Waals surface area contributed by atoms with Gasteiger partial charge in [0.1, 0.15) is 0 Å². The number of pyridine rings is 1. The van der Waals surface area contributed by atoms with Gasteiger partial charge in [0.05, 0.1) is 5.02 Å². The van der Waals surface area contributed by atoms with Crippen LogP contribution in [0.3, 0.4) is 0 Å². The Kier molecular flexibility index (Phi) is 3.41. The van der Waals surface area contributed by atoms with Crippen LogP contribution in [0.4, 0.5) is 5.82 Å². The van der Waals surface area contributed by atoms with E-state index in [9.17, 15) is 4.79 Å². The second kappa shape index (κ2) is 4.80. The molecule has 0 spiro atoms. The zero-order chi connectivity index (χ0) is 11.5. The lowest BCUT2D eigenvalue weighted by Gasteiger charge is -2.10. The molecule has 1 atom stereocenters. The van der Waals surface area contributed by atoms with Gasteiger partial charge >= 0.3 is 0 Å². The van der Waals surface area contributed by atoms with Crippen LogP contribution in [0.5, 0.6) is 0 Å². The number of nitrogens with two attached hydrogens (primary N) is 1. The van der Waals surface area contributed by atoms with Gasteiger partial charge in [-0.15, -0.1) is 0 Å². The van der Waals surface area contributed by atoms with E-state index in [1.165, 1.54) is 0 Å². The molecule has 1 aromatic rings. The number of hydrogen-bond acceptors (Lipinski definition) is 3. The quantitative estimate of drug-likeness (QED) is 0.842. The predicted molar refractivity (Wildman–Crippen MR) is 63.2 cm³/mol. The van der Waals surface area contributed by atoms with Crippen LogP contribution in [0.1, 0.15) is 19.3 Å². The Morgan fingerprint density at radius 2 is 2.44 bits per heavy atom. The molecule has 1 unspecified atom stereocenters. The topological polar surface area (TPSA) is 68.0 Å². The Morgan fingerprint density at radius 3 is 3.06 bits per heavy atom. The van der Waals surface area contributed by atoms with E-state index in [1.54, 1.807) is 18.3 Å². The van der Waals surface area contributed by atoms with Gasteiger partial charge < -0.3 is 11.1 Å². The molecule has 0 radical (unpaired) electrons. The van der Waals surface area contributed by atoms with Crippen molar-refractivity contribution in [3.63, 3.8) is 0 Å². The maximum Gasteiger partial charge on any atom is 0.227 e. The number of nitrogens with zero attached hydrogens (tertiary/aromatic N) is 1. The number of rotatable bonds is 4. The highest BCUT2D eigenvalue weighted by Gasteiger charge is 2.29. The van der Waals surface area contributed by atoms with Crippen molar-refractivity contribution in [3.05, 3.63) is 23.4 Å². The number of aromatic nitrogens is 1. The molecule has 1 saturated carbocycles. The first-order chi connectivity index (χ1) is 7.66. The minimum absolute atomic E-state index is 0.0394. The molecule has 1 fully saturated rings. The molecular formula is C11H14ClN3O. The van der Waals surface area contributed by atoms with E-state index in [0.29, 0.717) is 23.2 Å². The maximum atomic E-state index is 11.6. The molecule has 1 amide bonds. The highest BCUT2D eigenvalue weighted by atomic mass is 35.5. The molecule has 1 aromatic heterocycles. The van der Waals surface area contributed by atoms with Gasteiger partial charge in [0, 0.05) is 18.7 Å². The molecule has 0 bridgehead atoms. The van der Waals surface area contributed by atoms with Crippen molar-refractivity contribution in [2.45, 2.75) is 25.3 Å². The van der Waals surface area contributed by atoms with Gasteiger partial charge in [-0.25, -0.2) is 4.98 Å². The van der Waals surface area contributed by atoms with Gasteiger partial charge in [0.15, 0.2) is 5.82 Å². The number of carbonyl (C=O) groups excluding carboxylic acids is 1. The number of anilines is 1. The first kappa shape index (κ1) is 11.4. The fourth-order valence-electron chi connectivity index (χ4n) is 1.57. The van der Waals surface area contributed by atoms with Crippen LogP contribution in [0.25, 0.3) is 0 Å². The molecule has 5 heteroatoms. The predicted octanol–water partition coefficient (Wildman–Crippen LogP) is 1.80. The van der Waals surface area contributed by atoms with Gasteiger partial charge in [0.2, 0.25) is 5.91 Å². The van der Waals surface area contributed by atoms with Crippen LogP contribution in [0.2, 0.25) is 5.02 Å². The van der Waals surface area contributed by atoms with Crippen LogP contribution in [-0.2, 0) is 4.79 Å². The second-order valence-corrected chi connectivity index (χ2v) is 4.49. The lowest BCUT2D eigenvalue weighted by atomic mass is 10.1. The Labute approximate surface area is 99.2 Å². The van der Waals surface area contributed by atoms with Gasteiger partial charge in [-0.05, 0) is 30.9 Å². The number of carbonyl (C=O) groups is 1. The largest absolute Gasteiger partial charge is 0.327 e. The fraction of sp³-hybridized carbons (Fsp3) is 0.455.